The van der Waals surface area contributed by atoms with Gasteiger partial charge in [0.1, 0.15) is 0 Å². The summed E-state index contributed by atoms with van der Waals surface area (Å²) in [4.78, 5) is 8.56. The fraction of sp³-hybridized carbons (Fsp3) is 0. The van der Waals surface area contributed by atoms with Gasteiger partial charge in [-0.2, -0.15) is 0 Å². The molecule has 0 amide bonds. The molecule has 0 aliphatic carbocycles. The molecule has 0 bridgehead atoms. The molecule has 0 atom stereocenters. The Hall–Kier alpha value is -0.0677. The molecule has 0 rings (SSSR count). The van der Waals surface area contributed by atoms with Crippen LogP contribution in [0.5, 0.6) is 0 Å². The summed E-state index contributed by atoms with van der Waals surface area (Å²) in [5.41, 5.74) is 0. The Labute approximate surface area is 50.6 Å². The van der Waals surface area contributed by atoms with E-state index in [1.165, 1.54) is 0 Å². The van der Waals surface area contributed by atoms with Crippen molar-refractivity contribution >= 4 is 14.6 Å². The van der Waals surface area contributed by atoms with E-state index in [0.717, 1.165) is 0 Å². The van der Waals surface area contributed by atoms with E-state index in [9.17, 15) is 0 Å². The molecule has 6 heavy (non-hydrogen) atoms. The predicted molar refractivity (Wildman–Crippen MR) is 17.5 cm³/mol. The number of rotatable bonds is 0. The summed E-state index contributed by atoms with van der Waals surface area (Å²) in [6.07, 6.45) is -1.83. The molecule has 0 spiro atoms. The van der Waals surface area contributed by atoms with Gasteiger partial charge in [0, 0.05) is 8.41 Å². The first-order valence-electron chi connectivity index (χ1n) is 0.651. The van der Waals surface area contributed by atoms with Crippen LogP contribution in [-0.2, 0) is 0 Å². The van der Waals surface area contributed by atoms with E-state index in [1.807, 2.05) is 0 Å². The molecule has 0 saturated heterocycles. The summed E-state index contributed by atoms with van der Waals surface area (Å²) in [5.74, 6) is 0. The van der Waals surface area contributed by atoms with Crippen molar-refractivity contribution in [3.8, 4) is 0 Å². The van der Waals surface area contributed by atoms with Crippen molar-refractivity contribution in [2.75, 3.05) is 0 Å². The van der Waals surface area contributed by atoms with Crippen LogP contribution in [-0.4, -0.2) is 24.8 Å². The van der Waals surface area contributed by atoms with Gasteiger partial charge >= 0.3 is 25.0 Å². The summed E-state index contributed by atoms with van der Waals surface area (Å²) in [7, 11) is 0. The number of carbonyl (C=O) groups is 1. The Bertz CT molecular complexity index is 37.9. The van der Waals surface area contributed by atoms with E-state index in [0.29, 0.717) is 0 Å². The second-order valence-corrected chi connectivity index (χ2v) is 0.283. The Morgan fingerprint density at radius 1 is 1.50 bits per heavy atom. The number of hydrogen-bond acceptors (Lipinski definition) is 1. The minimum absolute atomic E-state index is 0. The monoisotopic (exact) mass is 81.0 g/mol. The van der Waals surface area contributed by atoms with Gasteiger partial charge in [-0.1, -0.05) is 0 Å². The maximum absolute atomic E-state index is 8.56. The average Bonchev–Trinajstić information content (AvgIpc) is 0.811. The van der Waals surface area contributed by atoms with Crippen molar-refractivity contribution in [1.82, 2.24) is 0 Å². The van der Waals surface area contributed by atoms with Crippen molar-refractivity contribution in [1.29, 1.82) is 0 Å². The van der Waals surface area contributed by atoms with Gasteiger partial charge in [-0.05, 0) is 0 Å². The first-order valence-corrected chi connectivity index (χ1v) is 0.651. The van der Waals surface area contributed by atoms with Crippen LogP contribution in [0.3, 0.4) is 0 Å². The van der Waals surface area contributed by atoms with E-state index in [2.05, 4.69) is 0 Å². The average molecular weight is 80.8 g/mol. The zero-order valence-corrected chi connectivity index (χ0v) is 3.38. The van der Waals surface area contributed by atoms with E-state index in [4.69, 9.17) is 15.0 Å². The second kappa shape index (κ2) is 8.87. The van der Waals surface area contributed by atoms with Crippen LogP contribution < -0.4 is 18.9 Å². The van der Waals surface area contributed by atoms with Gasteiger partial charge in [0.2, 0.25) is 0 Å². The van der Waals surface area contributed by atoms with E-state index >= 15 is 0 Å². The Kier molecular flexibility index (Phi) is 24.8. The van der Waals surface area contributed by atoms with Gasteiger partial charge in [0.05, 0.1) is 0 Å². The summed E-state index contributed by atoms with van der Waals surface area (Å²) in [6, 6.07) is 0. The molecule has 3 nitrogen and oxygen atoms in total. The molecule has 29 valence electrons. The van der Waals surface area contributed by atoms with Gasteiger partial charge in [-0.25, -0.2) is 4.79 Å². The van der Waals surface area contributed by atoms with Crippen LogP contribution >= 0.6 is 0 Å². The smallest absolute Gasteiger partial charge is 1.00 e. The zero-order valence-electron chi connectivity index (χ0n) is 4.38. The van der Waals surface area contributed by atoms with Crippen molar-refractivity contribution in [3.05, 3.63) is 0 Å². The van der Waals surface area contributed by atoms with Gasteiger partial charge < -0.3 is 11.6 Å². The van der Waals surface area contributed by atoms with Crippen molar-refractivity contribution < 1.29 is 35.3 Å². The molecular formula is CH3BLiO3. The molecule has 0 fully saturated rings. The fourth-order valence-corrected chi connectivity index (χ4v) is 0. The second-order valence-electron chi connectivity index (χ2n) is 0.283. The fourth-order valence-electron chi connectivity index (χ4n) is 0. The minimum Gasteiger partial charge on any atom is -1.00 e. The molecular weight excluding hydrogens is 77.8 g/mol. The SMILES string of the molecule is O=C(O)O.[B].[H-].[Li+]. The molecule has 0 heterocycles. The van der Waals surface area contributed by atoms with E-state index in [1.54, 1.807) is 0 Å². The molecule has 2 N–H and O–H groups in total. The Balaban J connectivity index is -0.0000000150. The van der Waals surface area contributed by atoms with Crippen LogP contribution in [0.1, 0.15) is 1.43 Å². The van der Waals surface area contributed by atoms with Crippen molar-refractivity contribution in [2.45, 2.75) is 0 Å². The third-order valence-electron chi connectivity index (χ3n) is 0. The van der Waals surface area contributed by atoms with Gasteiger partial charge in [0.15, 0.2) is 0 Å². The molecule has 0 aliphatic heterocycles. The van der Waals surface area contributed by atoms with Gasteiger partial charge in [-0.15, -0.1) is 0 Å². The quantitative estimate of drug-likeness (QED) is 0.304. The maximum atomic E-state index is 8.56. The first kappa shape index (κ1) is 16.8. The van der Waals surface area contributed by atoms with E-state index < -0.39 is 6.16 Å². The van der Waals surface area contributed by atoms with Crippen LogP contribution in [0.4, 0.5) is 4.79 Å². The van der Waals surface area contributed by atoms with Crippen LogP contribution in [0.25, 0.3) is 0 Å². The molecule has 0 aliphatic rings. The number of hydrogen-bond donors (Lipinski definition) is 2. The predicted octanol–water partition coefficient (Wildman–Crippen LogP) is -3.04. The molecule has 0 unspecified atom stereocenters. The van der Waals surface area contributed by atoms with Crippen molar-refractivity contribution in [2.24, 2.45) is 0 Å². The summed E-state index contributed by atoms with van der Waals surface area (Å²) >= 11 is 0. The summed E-state index contributed by atoms with van der Waals surface area (Å²) < 4.78 is 0. The normalized spacial score (nSPS) is 4.00. The maximum Gasteiger partial charge on any atom is 1.00 e. The van der Waals surface area contributed by atoms with Gasteiger partial charge in [0.25, 0.3) is 0 Å². The molecule has 3 radical (unpaired) electrons. The van der Waals surface area contributed by atoms with Gasteiger partial charge in [-0.3, -0.25) is 0 Å². The molecule has 0 saturated carbocycles. The third-order valence-corrected chi connectivity index (χ3v) is 0. The number of carboxylic acid groups (broad SMARTS) is 2. The molecule has 5 heteroatoms. The minimum atomic E-state index is -1.83. The van der Waals surface area contributed by atoms with E-state index in [-0.39, 0.29) is 28.7 Å². The van der Waals surface area contributed by atoms with Crippen LogP contribution in [0, 0.1) is 0 Å². The van der Waals surface area contributed by atoms with Crippen LogP contribution in [0.2, 0.25) is 0 Å². The topological polar surface area (TPSA) is 57.5 Å². The largest absolute Gasteiger partial charge is 1.00 e. The summed E-state index contributed by atoms with van der Waals surface area (Å²) in [6.45, 7) is 0. The zero-order chi connectivity index (χ0) is 3.58. The van der Waals surface area contributed by atoms with Crippen molar-refractivity contribution in [3.63, 3.8) is 0 Å². The molecule has 0 aromatic carbocycles. The Morgan fingerprint density at radius 3 is 1.50 bits per heavy atom. The third kappa shape index (κ3) is 7390. The first-order chi connectivity index (χ1) is 1.73. The van der Waals surface area contributed by atoms with Crippen LogP contribution in [0.15, 0.2) is 0 Å². The standard InChI is InChI=1S/CH2O3.B.Li.H/c2-1(3)4;;;/h(H2,2,3,4);;;/q;;+1;-1. The molecule has 0 aromatic rings. The Morgan fingerprint density at radius 2 is 1.50 bits per heavy atom. The summed E-state index contributed by atoms with van der Waals surface area (Å²) in [5, 5.41) is 13.9. The molecule has 0 aromatic heterocycles.